The van der Waals surface area contributed by atoms with Crippen LogP contribution in [0.5, 0.6) is 5.75 Å². The van der Waals surface area contributed by atoms with Crippen LogP contribution in [0.4, 0.5) is 0 Å². The maximum absolute atomic E-state index is 11.4. The highest BCUT2D eigenvalue weighted by molar-refractivity contribution is 5.79. The van der Waals surface area contributed by atoms with Crippen LogP contribution in [0, 0.1) is 5.92 Å². The number of ether oxygens (including phenoxy) is 1. The molecule has 0 saturated heterocycles. The molecule has 1 saturated carbocycles. The van der Waals surface area contributed by atoms with E-state index in [1.807, 2.05) is 24.3 Å². The molecule has 0 radical (unpaired) electrons. The van der Waals surface area contributed by atoms with Crippen LogP contribution in [0.3, 0.4) is 0 Å². The number of ketones is 1. The molecule has 1 fully saturated rings. The molecule has 4 heteroatoms. The Labute approximate surface area is 119 Å². The van der Waals surface area contributed by atoms with E-state index in [2.05, 4.69) is 0 Å². The summed E-state index contributed by atoms with van der Waals surface area (Å²) in [6.07, 6.45) is 3.39. The van der Waals surface area contributed by atoms with Crippen molar-refractivity contribution in [3.05, 3.63) is 29.8 Å². The van der Waals surface area contributed by atoms with Crippen molar-refractivity contribution in [1.29, 1.82) is 0 Å². The summed E-state index contributed by atoms with van der Waals surface area (Å²) in [5, 5.41) is 9.92. The summed E-state index contributed by atoms with van der Waals surface area (Å²) in [6, 6.07) is 7.47. The molecular weight excluding hydrogens is 254 g/mol. The van der Waals surface area contributed by atoms with Crippen LogP contribution in [0.2, 0.25) is 0 Å². The zero-order valence-corrected chi connectivity index (χ0v) is 11.8. The van der Waals surface area contributed by atoms with Gasteiger partial charge < -0.3 is 15.6 Å². The lowest BCUT2D eigenvalue weighted by molar-refractivity contribution is -0.121. The van der Waals surface area contributed by atoms with Crippen molar-refractivity contribution < 1.29 is 14.6 Å². The first-order valence-electron chi connectivity index (χ1n) is 7.31. The fourth-order valence-electron chi connectivity index (χ4n) is 2.61. The number of carbonyl (C=O) groups excluding carboxylic acids is 1. The van der Waals surface area contributed by atoms with E-state index in [1.54, 1.807) is 0 Å². The fraction of sp³-hybridized carbons (Fsp3) is 0.562. The van der Waals surface area contributed by atoms with Gasteiger partial charge in [-0.1, -0.05) is 12.1 Å². The molecule has 4 nitrogen and oxygen atoms in total. The summed E-state index contributed by atoms with van der Waals surface area (Å²) in [5.41, 5.74) is 6.28. The fourth-order valence-corrected chi connectivity index (χ4v) is 2.61. The van der Waals surface area contributed by atoms with E-state index in [1.165, 1.54) is 0 Å². The van der Waals surface area contributed by atoms with E-state index >= 15 is 0 Å². The number of nitrogens with two attached hydrogens (primary N) is 1. The van der Waals surface area contributed by atoms with Crippen LogP contribution in [0.25, 0.3) is 0 Å². The number of hydrogen-bond acceptors (Lipinski definition) is 4. The van der Waals surface area contributed by atoms with E-state index in [-0.39, 0.29) is 0 Å². The third-order valence-electron chi connectivity index (χ3n) is 3.75. The Bertz CT molecular complexity index is 447. The summed E-state index contributed by atoms with van der Waals surface area (Å²) in [4.78, 5) is 11.4. The van der Waals surface area contributed by atoms with Gasteiger partial charge in [0.25, 0.3) is 0 Å². The Morgan fingerprint density at radius 2 is 2.30 bits per heavy atom. The predicted molar refractivity (Wildman–Crippen MR) is 77.5 cm³/mol. The SMILES string of the molecule is NCCC(O)c1cccc(OCC2CCCC(=O)C2)c1. The van der Waals surface area contributed by atoms with Crippen LogP contribution in [-0.4, -0.2) is 24.0 Å². The molecular formula is C16H23NO3. The second kappa shape index (κ2) is 7.41. The van der Waals surface area contributed by atoms with Gasteiger partial charge in [0.15, 0.2) is 0 Å². The molecule has 1 aromatic carbocycles. The van der Waals surface area contributed by atoms with Gasteiger partial charge in [-0.05, 0) is 49.4 Å². The van der Waals surface area contributed by atoms with Crippen LogP contribution in [-0.2, 0) is 4.79 Å². The number of rotatable bonds is 6. The van der Waals surface area contributed by atoms with Gasteiger partial charge in [-0.3, -0.25) is 4.79 Å². The number of Topliss-reactive ketones (excluding diaryl/α,β-unsaturated/α-hetero) is 1. The minimum absolute atomic E-state index is 0.328. The van der Waals surface area contributed by atoms with Gasteiger partial charge in [0.1, 0.15) is 11.5 Å². The summed E-state index contributed by atoms with van der Waals surface area (Å²) in [6.45, 7) is 1.03. The predicted octanol–water partition coefficient (Wildman–Crippen LogP) is 2.21. The Morgan fingerprint density at radius 3 is 3.05 bits per heavy atom. The molecule has 0 bridgehead atoms. The molecule has 20 heavy (non-hydrogen) atoms. The molecule has 3 N–H and O–H groups in total. The Kier molecular flexibility index (Phi) is 5.56. The molecule has 2 atom stereocenters. The van der Waals surface area contributed by atoms with Crippen molar-refractivity contribution in [1.82, 2.24) is 0 Å². The second-order valence-corrected chi connectivity index (χ2v) is 5.48. The quantitative estimate of drug-likeness (QED) is 0.836. The molecule has 2 rings (SSSR count). The normalized spacial score (nSPS) is 20.7. The largest absolute Gasteiger partial charge is 0.493 e. The molecule has 110 valence electrons. The van der Waals surface area contributed by atoms with Crippen LogP contribution in [0.15, 0.2) is 24.3 Å². The molecule has 0 aliphatic heterocycles. The lowest BCUT2D eigenvalue weighted by Gasteiger charge is -2.21. The van der Waals surface area contributed by atoms with Crippen LogP contribution in [0.1, 0.15) is 43.8 Å². The van der Waals surface area contributed by atoms with E-state index < -0.39 is 6.10 Å². The summed E-state index contributed by atoms with van der Waals surface area (Å²) < 4.78 is 5.77. The standard InChI is InChI=1S/C16H23NO3/c17-8-7-16(19)13-4-2-6-15(10-13)20-11-12-3-1-5-14(18)9-12/h2,4,6,10,12,16,19H,1,3,5,7-9,11,17H2. The van der Waals surface area contributed by atoms with Crippen LogP contribution < -0.4 is 10.5 Å². The van der Waals surface area contributed by atoms with Crippen molar-refractivity contribution in [2.45, 2.75) is 38.2 Å². The summed E-state index contributed by atoms with van der Waals surface area (Å²) >= 11 is 0. The Hall–Kier alpha value is -1.39. The van der Waals surface area contributed by atoms with Crippen molar-refractivity contribution in [2.75, 3.05) is 13.2 Å². The molecule has 1 aliphatic rings. The Balaban J connectivity index is 1.89. The highest BCUT2D eigenvalue weighted by Gasteiger charge is 2.20. The molecule has 1 aromatic rings. The van der Waals surface area contributed by atoms with Crippen LogP contribution >= 0.6 is 0 Å². The maximum atomic E-state index is 11.4. The highest BCUT2D eigenvalue weighted by Crippen LogP contribution is 2.24. The van der Waals surface area contributed by atoms with Gasteiger partial charge >= 0.3 is 0 Å². The second-order valence-electron chi connectivity index (χ2n) is 5.48. The van der Waals surface area contributed by atoms with Gasteiger partial charge in [-0.2, -0.15) is 0 Å². The monoisotopic (exact) mass is 277 g/mol. The summed E-state index contributed by atoms with van der Waals surface area (Å²) in [5.74, 6) is 1.42. The maximum Gasteiger partial charge on any atom is 0.133 e. The van der Waals surface area contributed by atoms with Crippen molar-refractivity contribution in [2.24, 2.45) is 11.7 Å². The average molecular weight is 277 g/mol. The van der Waals surface area contributed by atoms with Crippen molar-refractivity contribution in [3.8, 4) is 5.75 Å². The number of benzene rings is 1. The minimum atomic E-state index is -0.542. The van der Waals surface area contributed by atoms with E-state index in [0.717, 1.165) is 30.6 Å². The number of hydrogen-bond donors (Lipinski definition) is 2. The minimum Gasteiger partial charge on any atom is -0.493 e. The molecule has 0 amide bonds. The van der Waals surface area contributed by atoms with Gasteiger partial charge in [-0.15, -0.1) is 0 Å². The first kappa shape index (κ1) is 15.0. The molecule has 1 aliphatic carbocycles. The van der Waals surface area contributed by atoms with E-state index in [9.17, 15) is 9.90 Å². The Morgan fingerprint density at radius 1 is 1.45 bits per heavy atom. The summed E-state index contributed by atoms with van der Waals surface area (Å²) in [7, 11) is 0. The zero-order chi connectivity index (χ0) is 14.4. The van der Waals surface area contributed by atoms with Crippen molar-refractivity contribution >= 4 is 5.78 Å². The van der Waals surface area contributed by atoms with E-state index in [0.29, 0.717) is 37.7 Å². The first-order chi connectivity index (χ1) is 9.69. The molecule has 2 unspecified atom stereocenters. The smallest absolute Gasteiger partial charge is 0.133 e. The molecule has 0 heterocycles. The number of aliphatic hydroxyl groups is 1. The van der Waals surface area contributed by atoms with Gasteiger partial charge in [-0.25, -0.2) is 0 Å². The third kappa shape index (κ3) is 4.32. The molecule has 0 aromatic heterocycles. The topological polar surface area (TPSA) is 72.6 Å². The lowest BCUT2D eigenvalue weighted by Crippen LogP contribution is -2.20. The highest BCUT2D eigenvalue weighted by atomic mass is 16.5. The third-order valence-corrected chi connectivity index (χ3v) is 3.75. The number of carbonyl (C=O) groups is 1. The lowest BCUT2D eigenvalue weighted by atomic mass is 9.89. The van der Waals surface area contributed by atoms with Crippen molar-refractivity contribution in [3.63, 3.8) is 0 Å². The van der Waals surface area contributed by atoms with Gasteiger partial charge in [0.2, 0.25) is 0 Å². The zero-order valence-electron chi connectivity index (χ0n) is 11.8. The van der Waals surface area contributed by atoms with Gasteiger partial charge in [0.05, 0.1) is 12.7 Å². The number of aliphatic hydroxyl groups excluding tert-OH is 1. The molecule has 0 spiro atoms. The van der Waals surface area contributed by atoms with Gasteiger partial charge in [0, 0.05) is 12.8 Å². The van der Waals surface area contributed by atoms with E-state index in [4.69, 9.17) is 10.5 Å². The first-order valence-corrected chi connectivity index (χ1v) is 7.31. The average Bonchev–Trinajstić information content (AvgIpc) is 2.46.